The first-order valence-corrected chi connectivity index (χ1v) is 8.27. The molecule has 0 aliphatic carbocycles. The Bertz CT molecular complexity index is 846. The molecule has 2 aromatic rings. The summed E-state index contributed by atoms with van der Waals surface area (Å²) >= 11 is 0. The van der Waals surface area contributed by atoms with Gasteiger partial charge in [0.25, 0.3) is 5.56 Å². The van der Waals surface area contributed by atoms with Gasteiger partial charge in [-0.15, -0.1) is 0 Å². The van der Waals surface area contributed by atoms with Gasteiger partial charge in [-0.1, -0.05) is 20.8 Å². The summed E-state index contributed by atoms with van der Waals surface area (Å²) in [6.45, 7) is 8.46. The largest absolute Gasteiger partial charge is 0.465 e. The molecule has 130 valence electrons. The number of carbonyl (C=O) groups is 1. The fourth-order valence-electron chi connectivity index (χ4n) is 4.02. The number of aromatic amines is 1. The number of H-pyrrole nitrogens is 1. The van der Waals surface area contributed by atoms with Crippen LogP contribution >= 0.6 is 0 Å². The smallest absolute Gasteiger partial charge is 0.408 e. The van der Waals surface area contributed by atoms with E-state index in [1.54, 1.807) is 4.52 Å². The summed E-state index contributed by atoms with van der Waals surface area (Å²) in [5, 5.41) is 14.5. The summed E-state index contributed by atoms with van der Waals surface area (Å²) in [5.41, 5.74) is 0.776. The first-order valence-electron chi connectivity index (χ1n) is 8.27. The molecule has 1 amide bonds. The van der Waals surface area contributed by atoms with Crippen LogP contribution in [0.25, 0.3) is 5.65 Å². The molecule has 2 N–H and O–H groups in total. The maximum Gasteiger partial charge on any atom is 0.408 e. The molecular formula is C17H24N4O3. The summed E-state index contributed by atoms with van der Waals surface area (Å²) in [7, 11) is 0. The third kappa shape index (κ3) is 2.30. The Kier molecular flexibility index (Phi) is 3.69. The van der Waals surface area contributed by atoms with E-state index in [-0.39, 0.29) is 11.0 Å². The molecule has 0 spiro atoms. The highest BCUT2D eigenvalue weighted by atomic mass is 16.4. The molecule has 1 saturated heterocycles. The average Bonchev–Trinajstić information content (AvgIpc) is 2.90. The molecule has 1 unspecified atom stereocenters. The standard InChI is InChI=1S/C17H24N4O3/c1-11-9-14(22)18-13-10-12(19-21(11)13)17(16(2,3)4)7-5-6-8-20(17)15(23)24/h9-10H,5-8H2,1-4H3,(H,18,22)(H,23,24). The van der Waals surface area contributed by atoms with E-state index in [2.05, 4.69) is 10.1 Å². The van der Waals surface area contributed by atoms with Crippen molar-refractivity contribution in [1.82, 2.24) is 19.5 Å². The lowest BCUT2D eigenvalue weighted by molar-refractivity contribution is -0.0324. The first kappa shape index (κ1) is 16.5. The number of aromatic nitrogens is 3. The Morgan fingerprint density at radius 1 is 1.33 bits per heavy atom. The van der Waals surface area contributed by atoms with Gasteiger partial charge >= 0.3 is 6.09 Å². The van der Waals surface area contributed by atoms with E-state index in [0.29, 0.717) is 17.9 Å². The number of amides is 1. The van der Waals surface area contributed by atoms with Crippen molar-refractivity contribution >= 4 is 11.7 Å². The molecule has 7 nitrogen and oxygen atoms in total. The van der Waals surface area contributed by atoms with E-state index < -0.39 is 11.6 Å². The number of nitrogens with zero attached hydrogens (tertiary/aromatic N) is 3. The Hall–Kier alpha value is -2.31. The van der Waals surface area contributed by atoms with E-state index in [0.717, 1.165) is 25.0 Å². The molecule has 3 heterocycles. The molecule has 2 aromatic heterocycles. The van der Waals surface area contributed by atoms with Crippen molar-refractivity contribution in [3.63, 3.8) is 0 Å². The number of piperidine rings is 1. The summed E-state index contributed by atoms with van der Waals surface area (Å²) in [6, 6.07) is 3.31. The van der Waals surface area contributed by atoms with Gasteiger partial charge < -0.3 is 10.1 Å². The minimum atomic E-state index is -0.924. The number of nitrogens with one attached hydrogen (secondary N) is 1. The second kappa shape index (κ2) is 5.36. The number of hydrogen-bond acceptors (Lipinski definition) is 3. The van der Waals surface area contributed by atoms with Crippen molar-refractivity contribution in [3.05, 3.63) is 33.9 Å². The van der Waals surface area contributed by atoms with E-state index in [1.807, 2.05) is 33.8 Å². The van der Waals surface area contributed by atoms with Gasteiger partial charge in [-0.05, 0) is 31.6 Å². The monoisotopic (exact) mass is 332 g/mol. The van der Waals surface area contributed by atoms with Crippen molar-refractivity contribution < 1.29 is 9.90 Å². The van der Waals surface area contributed by atoms with Crippen molar-refractivity contribution in [3.8, 4) is 0 Å². The highest BCUT2D eigenvalue weighted by Crippen LogP contribution is 2.49. The van der Waals surface area contributed by atoms with Gasteiger partial charge in [-0.25, -0.2) is 9.31 Å². The van der Waals surface area contributed by atoms with Crippen LogP contribution in [0.15, 0.2) is 16.9 Å². The van der Waals surface area contributed by atoms with Crippen molar-refractivity contribution in [1.29, 1.82) is 0 Å². The van der Waals surface area contributed by atoms with Gasteiger partial charge in [-0.2, -0.15) is 5.10 Å². The van der Waals surface area contributed by atoms with Crippen LogP contribution in [0.5, 0.6) is 0 Å². The quantitative estimate of drug-likeness (QED) is 0.840. The molecule has 1 atom stereocenters. The van der Waals surface area contributed by atoms with Crippen LogP contribution in [-0.2, 0) is 5.54 Å². The number of rotatable bonds is 1. The molecule has 1 aliphatic rings. The Labute approximate surface area is 140 Å². The van der Waals surface area contributed by atoms with E-state index in [9.17, 15) is 14.7 Å². The van der Waals surface area contributed by atoms with Crippen LogP contribution < -0.4 is 5.56 Å². The van der Waals surface area contributed by atoms with Gasteiger partial charge in [0.2, 0.25) is 0 Å². The van der Waals surface area contributed by atoms with Gasteiger partial charge in [0.15, 0.2) is 0 Å². The highest BCUT2D eigenvalue weighted by molar-refractivity contribution is 5.67. The van der Waals surface area contributed by atoms with Crippen LogP contribution in [0.3, 0.4) is 0 Å². The fraction of sp³-hybridized carbons (Fsp3) is 0.588. The zero-order valence-electron chi connectivity index (χ0n) is 14.6. The summed E-state index contributed by atoms with van der Waals surface area (Å²) in [4.78, 5) is 28.0. The summed E-state index contributed by atoms with van der Waals surface area (Å²) < 4.78 is 1.68. The van der Waals surface area contributed by atoms with Gasteiger partial charge in [0.1, 0.15) is 5.65 Å². The predicted molar refractivity (Wildman–Crippen MR) is 90.3 cm³/mol. The van der Waals surface area contributed by atoms with E-state index in [1.165, 1.54) is 11.0 Å². The van der Waals surface area contributed by atoms with Crippen molar-refractivity contribution in [2.75, 3.05) is 6.54 Å². The first-order chi connectivity index (χ1) is 11.2. The molecule has 0 saturated carbocycles. The third-order valence-electron chi connectivity index (χ3n) is 5.16. The zero-order valence-corrected chi connectivity index (χ0v) is 14.6. The zero-order chi connectivity index (χ0) is 17.7. The highest BCUT2D eigenvalue weighted by Gasteiger charge is 2.53. The number of hydrogen-bond donors (Lipinski definition) is 2. The maximum absolute atomic E-state index is 12.0. The minimum Gasteiger partial charge on any atom is -0.465 e. The summed E-state index contributed by atoms with van der Waals surface area (Å²) in [5.74, 6) is 0. The molecule has 7 heteroatoms. The lowest BCUT2D eigenvalue weighted by atomic mass is 9.66. The second-order valence-electron chi connectivity index (χ2n) is 7.60. The molecule has 0 bridgehead atoms. The minimum absolute atomic E-state index is 0.185. The normalized spacial score (nSPS) is 22.1. The molecule has 1 aliphatic heterocycles. The lowest BCUT2D eigenvalue weighted by Gasteiger charge is -2.52. The fourth-order valence-corrected chi connectivity index (χ4v) is 4.02. The Morgan fingerprint density at radius 3 is 2.67 bits per heavy atom. The average molecular weight is 332 g/mol. The van der Waals surface area contributed by atoms with Crippen molar-refractivity contribution in [2.45, 2.75) is 52.5 Å². The molecular weight excluding hydrogens is 308 g/mol. The number of fused-ring (bicyclic) bond motifs is 1. The lowest BCUT2D eigenvalue weighted by Crippen LogP contribution is -2.59. The number of likely N-dealkylation sites (tertiary alicyclic amines) is 1. The molecule has 1 fully saturated rings. The third-order valence-corrected chi connectivity index (χ3v) is 5.16. The van der Waals surface area contributed by atoms with Gasteiger partial charge in [0, 0.05) is 24.4 Å². The van der Waals surface area contributed by atoms with E-state index in [4.69, 9.17) is 0 Å². The van der Waals surface area contributed by atoms with Gasteiger partial charge in [0.05, 0.1) is 11.2 Å². The molecule has 0 aromatic carbocycles. The Balaban J connectivity index is 2.29. The topological polar surface area (TPSA) is 90.7 Å². The van der Waals surface area contributed by atoms with Crippen LogP contribution in [0.1, 0.15) is 51.4 Å². The van der Waals surface area contributed by atoms with Crippen LogP contribution in [0, 0.1) is 12.3 Å². The van der Waals surface area contributed by atoms with Crippen LogP contribution in [-0.4, -0.2) is 37.2 Å². The van der Waals surface area contributed by atoms with Gasteiger partial charge in [-0.3, -0.25) is 9.69 Å². The summed E-state index contributed by atoms with van der Waals surface area (Å²) in [6.07, 6.45) is 1.60. The van der Waals surface area contributed by atoms with Crippen LogP contribution in [0.4, 0.5) is 4.79 Å². The molecule has 24 heavy (non-hydrogen) atoms. The maximum atomic E-state index is 12.0. The SMILES string of the molecule is Cc1cc(=O)[nH]c2cc(C3(C(C)(C)C)CCCCN3C(=O)O)nn12. The van der Waals surface area contributed by atoms with Crippen LogP contribution in [0.2, 0.25) is 0 Å². The predicted octanol–water partition coefficient (Wildman–Crippen LogP) is 2.74. The van der Waals surface area contributed by atoms with Crippen molar-refractivity contribution in [2.24, 2.45) is 5.41 Å². The number of carboxylic acid groups (broad SMARTS) is 1. The second-order valence-corrected chi connectivity index (χ2v) is 7.60. The number of aryl methyl sites for hydroxylation is 1. The molecule has 0 radical (unpaired) electrons. The van der Waals surface area contributed by atoms with E-state index >= 15 is 0 Å². The molecule has 3 rings (SSSR count). The Morgan fingerprint density at radius 2 is 2.04 bits per heavy atom.